The second kappa shape index (κ2) is 5.55. The molecule has 0 N–H and O–H groups in total. The largest absolute Gasteiger partial charge is 0.246 e. The van der Waals surface area contributed by atoms with Crippen LogP contribution in [0, 0.1) is 5.92 Å². The number of piperidine rings is 1. The molecular weight excluding hydrogens is 272 g/mol. The zero-order valence-corrected chi connectivity index (χ0v) is 11.9. The van der Waals surface area contributed by atoms with Gasteiger partial charge in [0.2, 0.25) is 10.0 Å². The summed E-state index contributed by atoms with van der Waals surface area (Å²) < 4.78 is 26.5. The van der Waals surface area contributed by atoms with Crippen molar-refractivity contribution in [2.45, 2.75) is 31.1 Å². The van der Waals surface area contributed by atoms with Crippen LogP contribution in [0.2, 0.25) is 5.15 Å². The van der Waals surface area contributed by atoms with Gasteiger partial charge >= 0.3 is 0 Å². The summed E-state index contributed by atoms with van der Waals surface area (Å²) in [5.74, 6) is 0.448. The summed E-state index contributed by atoms with van der Waals surface area (Å²) in [6.45, 7) is 3.26. The maximum absolute atomic E-state index is 12.5. The molecule has 2 rings (SSSR count). The molecule has 1 atom stereocenters. The van der Waals surface area contributed by atoms with Crippen molar-refractivity contribution < 1.29 is 8.42 Å². The van der Waals surface area contributed by atoms with Gasteiger partial charge in [-0.3, -0.25) is 0 Å². The summed E-state index contributed by atoms with van der Waals surface area (Å²) >= 11 is 5.88. The molecule has 1 aromatic rings. The number of nitrogens with zero attached hydrogens (tertiary/aromatic N) is 2. The zero-order valence-electron chi connectivity index (χ0n) is 10.3. The molecule has 1 aliphatic heterocycles. The van der Waals surface area contributed by atoms with Gasteiger partial charge in [-0.1, -0.05) is 24.9 Å². The minimum Gasteiger partial charge on any atom is -0.243 e. The Morgan fingerprint density at radius 2 is 2.33 bits per heavy atom. The van der Waals surface area contributed by atoms with E-state index >= 15 is 0 Å². The van der Waals surface area contributed by atoms with Crippen molar-refractivity contribution in [3.8, 4) is 0 Å². The van der Waals surface area contributed by atoms with Gasteiger partial charge in [0.1, 0.15) is 10.0 Å². The lowest BCUT2D eigenvalue weighted by Crippen LogP contribution is -2.39. The third-order valence-electron chi connectivity index (χ3n) is 3.40. The van der Waals surface area contributed by atoms with Crippen molar-refractivity contribution in [3.63, 3.8) is 0 Å². The van der Waals surface area contributed by atoms with Crippen LogP contribution in [0.4, 0.5) is 0 Å². The number of pyridine rings is 1. The maximum Gasteiger partial charge on any atom is 0.246 e. The molecule has 0 aromatic carbocycles. The maximum atomic E-state index is 12.5. The van der Waals surface area contributed by atoms with Crippen LogP contribution < -0.4 is 0 Å². The topological polar surface area (TPSA) is 50.3 Å². The normalized spacial score (nSPS) is 22.0. The molecule has 6 heteroatoms. The predicted octanol–water partition coefficient (Wildman–Crippen LogP) is 2.55. The summed E-state index contributed by atoms with van der Waals surface area (Å²) in [7, 11) is -3.50. The molecule has 0 radical (unpaired) electrons. The van der Waals surface area contributed by atoms with E-state index in [0.29, 0.717) is 19.0 Å². The molecule has 4 nitrogen and oxygen atoms in total. The van der Waals surface area contributed by atoms with Crippen molar-refractivity contribution in [3.05, 3.63) is 23.5 Å². The highest BCUT2D eigenvalue weighted by Crippen LogP contribution is 2.27. The Hall–Kier alpha value is -0.650. The molecule has 1 aliphatic rings. The summed E-state index contributed by atoms with van der Waals surface area (Å²) in [4.78, 5) is 3.95. The summed E-state index contributed by atoms with van der Waals surface area (Å²) in [6.07, 6.45) is 4.51. The van der Waals surface area contributed by atoms with Crippen LogP contribution in [0.3, 0.4) is 0 Å². The van der Waals surface area contributed by atoms with Crippen LogP contribution in [-0.4, -0.2) is 30.8 Å². The highest BCUT2D eigenvalue weighted by atomic mass is 35.5. The van der Waals surface area contributed by atoms with Crippen molar-refractivity contribution >= 4 is 21.6 Å². The summed E-state index contributed by atoms with van der Waals surface area (Å²) in [6, 6.07) is 3.11. The number of hydrogen-bond donors (Lipinski definition) is 0. The number of hydrogen-bond acceptors (Lipinski definition) is 3. The third-order valence-corrected chi connectivity index (χ3v) is 5.71. The zero-order chi connectivity index (χ0) is 13.2. The molecule has 1 fully saturated rings. The SMILES string of the molecule is CCC1CCCN(S(=O)(=O)c2cccnc2Cl)C1. The van der Waals surface area contributed by atoms with E-state index in [1.165, 1.54) is 16.6 Å². The number of sulfonamides is 1. The molecule has 1 saturated heterocycles. The Morgan fingerprint density at radius 3 is 3.00 bits per heavy atom. The highest BCUT2D eigenvalue weighted by molar-refractivity contribution is 7.89. The molecule has 1 unspecified atom stereocenters. The van der Waals surface area contributed by atoms with Crippen LogP contribution in [0.5, 0.6) is 0 Å². The van der Waals surface area contributed by atoms with Crippen molar-refractivity contribution in [2.75, 3.05) is 13.1 Å². The molecule has 1 aromatic heterocycles. The van der Waals surface area contributed by atoms with E-state index in [1.807, 2.05) is 0 Å². The van der Waals surface area contributed by atoms with Crippen molar-refractivity contribution in [2.24, 2.45) is 5.92 Å². The fraction of sp³-hybridized carbons (Fsp3) is 0.583. The van der Waals surface area contributed by atoms with Crippen LogP contribution in [-0.2, 0) is 10.0 Å². The van der Waals surface area contributed by atoms with E-state index in [1.54, 1.807) is 6.07 Å². The highest BCUT2D eigenvalue weighted by Gasteiger charge is 2.31. The molecule has 18 heavy (non-hydrogen) atoms. The predicted molar refractivity (Wildman–Crippen MR) is 71.0 cm³/mol. The third kappa shape index (κ3) is 2.68. The Morgan fingerprint density at radius 1 is 1.56 bits per heavy atom. The van der Waals surface area contributed by atoms with Gasteiger partial charge in [-0.05, 0) is 30.9 Å². The van der Waals surface area contributed by atoms with Crippen LogP contribution >= 0.6 is 11.6 Å². The Kier molecular flexibility index (Phi) is 4.25. The van der Waals surface area contributed by atoms with Gasteiger partial charge in [0, 0.05) is 19.3 Å². The van der Waals surface area contributed by atoms with E-state index in [0.717, 1.165) is 19.3 Å². The fourth-order valence-electron chi connectivity index (χ4n) is 2.28. The van der Waals surface area contributed by atoms with E-state index in [-0.39, 0.29) is 10.0 Å². The average molecular weight is 289 g/mol. The second-order valence-corrected chi connectivity index (χ2v) is 6.84. The lowest BCUT2D eigenvalue weighted by Gasteiger charge is -2.31. The minimum absolute atomic E-state index is 0.0520. The van der Waals surface area contributed by atoms with Crippen molar-refractivity contribution in [1.29, 1.82) is 0 Å². The van der Waals surface area contributed by atoms with Gasteiger partial charge in [-0.2, -0.15) is 4.31 Å². The minimum atomic E-state index is -3.50. The Balaban J connectivity index is 2.29. The molecule has 0 saturated carbocycles. The molecule has 0 aliphatic carbocycles. The van der Waals surface area contributed by atoms with Gasteiger partial charge in [-0.15, -0.1) is 0 Å². The van der Waals surface area contributed by atoms with Gasteiger partial charge < -0.3 is 0 Å². The first-order chi connectivity index (χ1) is 8.55. The monoisotopic (exact) mass is 288 g/mol. The van der Waals surface area contributed by atoms with E-state index in [4.69, 9.17) is 11.6 Å². The molecule has 0 amide bonds. The van der Waals surface area contributed by atoms with E-state index in [9.17, 15) is 8.42 Å². The molecular formula is C12H17ClN2O2S. The molecule has 0 bridgehead atoms. The smallest absolute Gasteiger partial charge is 0.243 e. The van der Waals surface area contributed by atoms with E-state index < -0.39 is 10.0 Å². The average Bonchev–Trinajstić information content (AvgIpc) is 2.39. The van der Waals surface area contributed by atoms with Crippen molar-refractivity contribution in [1.82, 2.24) is 9.29 Å². The van der Waals surface area contributed by atoms with Crippen LogP contribution in [0.1, 0.15) is 26.2 Å². The lowest BCUT2D eigenvalue weighted by molar-refractivity contribution is 0.261. The van der Waals surface area contributed by atoms with Gasteiger partial charge in [0.15, 0.2) is 0 Å². The molecule has 2 heterocycles. The second-order valence-electron chi connectivity index (χ2n) is 4.57. The number of aromatic nitrogens is 1. The van der Waals surface area contributed by atoms with E-state index in [2.05, 4.69) is 11.9 Å². The Labute approximate surface area is 113 Å². The van der Waals surface area contributed by atoms with Gasteiger partial charge in [-0.25, -0.2) is 13.4 Å². The number of rotatable bonds is 3. The van der Waals surface area contributed by atoms with Crippen LogP contribution in [0.25, 0.3) is 0 Å². The standard InChI is InChI=1S/C12H17ClN2O2S/c1-2-10-5-4-8-15(9-10)18(16,17)11-6-3-7-14-12(11)13/h3,6-7,10H,2,4-5,8-9H2,1H3. The number of halogens is 1. The summed E-state index contributed by atoms with van der Waals surface area (Å²) in [5, 5.41) is 0.0520. The first kappa shape index (κ1) is 13.8. The molecule has 0 spiro atoms. The van der Waals surface area contributed by atoms with Gasteiger partial charge in [0.05, 0.1) is 0 Å². The summed E-state index contributed by atoms with van der Waals surface area (Å²) in [5.41, 5.74) is 0. The first-order valence-electron chi connectivity index (χ1n) is 6.16. The quantitative estimate of drug-likeness (QED) is 0.803. The van der Waals surface area contributed by atoms with Gasteiger partial charge in [0.25, 0.3) is 0 Å². The molecule has 100 valence electrons. The van der Waals surface area contributed by atoms with Crippen LogP contribution in [0.15, 0.2) is 23.2 Å². The fourth-order valence-corrected chi connectivity index (χ4v) is 4.26. The first-order valence-corrected chi connectivity index (χ1v) is 7.98. The lowest BCUT2D eigenvalue weighted by atomic mass is 9.97. The Bertz CT molecular complexity index is 519.